The Kier molecular flexibility index (Phi) is 2.30. The summed E-state index contributed by atoms with van der Waals surface area (Å²) in [5.74, 6) is 0.863. The van der Waals surface area contributed by atoms with Gasteiger partial charge >= 0.3 is 0 Å². The molecule has 2 heterocycles. The number of aryl methyl sites for hydroxylation is 2. The fraction of sp³-hybridized carbons (Fsp3) is 0.444. The monoisotopic (exact) mass is 191 g/mol. The Balaban J connectivity index is 2.41. The molecule has 0 fully saturated rings. The maximum Gasteiger partial charge on any atom is 0.182 e. The van der Waals surface area contributed by atoms with E-state index in [1.54, 1.807) is 12.5 Å². The first-order chi connectivity index (χ1) is 6.83. The fourth-order valence-corrected chi connectivity index (χ4v) is 1.43. The molecule has 2 rings (SSSR count). The molecule has 0 atom stereocenters. The lowest BCUT2D eigenvalue weighted by Gasteiger charge is -2.02. The third kappa shape index (κ3) is 1.41. The molecule has 14 heavy (non-hydrogen) atoms. The first kappa shape index (κ1) is 8.93. The molecule has 0 unspecified atom stereocenters. The number of hydrogen-bond acceptors (Lipinski definition) is 3. The van der Waals surface area contributed by atoms with Crippen LogP contribution >= 0.6 is 0 Å². The topological polar surface area (TPSA) is 59.4 Å². The number of nitrogens with zero attached hydrogens (tertiary/aromatic N) is 4. The molecule has 0 saturated carbocycles. The van der Waals surface area contributed by atoms with Crippen LogP contribution in [0, 0.1) is 6.92 Å². The lowest BCUT2D eigenvalue weighted by Crippen LogP contribution is -1.99. The molecule has 0 aromatic carbocycles. The molecule has 0 bridgehead atoms. The molecule has 0 amide bonds. The number of hydrogen-bond donors (Lipinski definition) is 1. The third-order valence-corrected chi connectivity index (χ3v) is 2.13. The highest BCUT2D eigenvalue weighted by Crippen LogP contribution is 2.17. The number of nitrogens with one attached hydrogen (secondary N) is 1. The van der Waals surface area contributed by atoms with E-state index < -0.39 is 0 Å². The normalized spacial score (nSPS) is 10.7. The van der Waals surface area contributed by atoms with Crippen LogP contribution in [0.1, 0.15) is 18.9 Å². The van der Waals surface area contributed by atoms with Crippen molar-refractivity contribution in [3.63, 3.8) is 0 Å². The zero-order valence-corrected chi connectivity index (χ0v) is 8.36. The van der Waals surface area contributed by atoms with Crippen molar-refractivity contribution < 1.29 is 0 Å². The summed E-state index contributed by atoms with van der Waals surface area (Å²) < 4.78 is 2.03. The summed E-state index contributed by atoms with van der Waals surface area (Å²) in [6.45, 7) is 5.06. The van der Waals surface area contributed by atoms with E-state index in [1.165, 1.54) is 0 Å². The summed E-state index contributed by atoms with van der Waals surface area (Å²) in [6.07, 6.45) is 4.61. The largest absolute Gasteiger partial charge is 0.312 e. The van der Waals surface area contributed by atoms with Gasteiger partial charge in [-0.15, -0.1) is 10.2 Å². The zero-order valence-electron chi connectivity index (χ0n) is 8.36. The van der Waals surface area contributed by atoms with Crippen LogP contribution in [0.25, 0.3) is 11.5 Å². The minimum absolute atomic E-state index is 0.863. The van der Waals surface area contributed by atoms with Crippen molar-refractivity contribution in [2.75, 3.05) is 0 Å². The van der Waals surface area contributed by atoms with Crippen molar-refractivity contribution in [2.24, 2.45) is 0 Å². The molecule has 1 N–H and O–H groups in total. The zero-order chi connectivity index (χ0) is 9.97. The van der Waals surface area contributed by atoms with Crippen LogP contribution in [-0.4, -0.2) is 25.0 Å². The Hall–Kier alpha value is -1.65. The van der Waals surface area contributed by atoms with E-state index >= 15 is 0 Å². The van der Waals surface area contributed by atoms with Gasteiger partial charge in [0, 0.05) is 6.54 Å². The van der Waals surface area contributed by atoms with E-state index in [2.05, 4.69) is 27.3 Å². The van der Waals surface area contributed by atoms with E-state index in [1.807, 2.05) is 11.5 Å². The van der Waals surface area contributed by atoms with E-state index in [9.17, 15) is 0 Å². The van der Waals surface area contributed by atoms with E-state index in [0.29, 0.717) is 0 Å². The van der Waals surface area contributed by atoms with Crippen molar-refractivity contribution in [3.8, 4) is 11.5 Å². The van der Waals surface area contributed by atoms with Gasteiger partial charge < -0.3 is 4.57 Å². The molecule has 0 spiro atoms. The Morgan fingerprint density at radius 1 is 1.50 bits per heavy atom. The third-order valence-electron chi connectivity index (χ3n) is 2.13. The van der Waals surface area contributed by atoms with Gasteiger partial charge in [-0.2, -0.15) is 5.10 Å². The van der Waals surface area contributed by atoms with Crippen LogP contribution in [0.15, 0.2) is 12.5 Å². The van der Waals surface area contributed by atoms with Gasteiger partial charge in [-0.1, -0.05) is 6.92 Å². The van der Waals surface area contributed by atoms with Crippen LogP contribution in [0.2, 0.25) is 0 Å². The molecule has 0 aliphatic rings. The summed E-state index contributed by atoms with van der Waals surface area (Å²) in [6, 6.07) is 0. The SMILES string of the molecule is CCCn1cnnc1-c1[nH]ncc1C. The highest BCUT2D eigenvalue weighted by Gasteiger charge is 2.10. The van der Waals surface area contributed by atoms with Gasteiger partial charge in [0.2, 0.25) is 0 Å². The minimum atomic E-state index is 0.863. The molecular weight excluding hydrogens is 178 g/mol. The Morgan fingerprint density at radius 3 is 3.00 bits per heavy atom. The molecule has 0 aliphatic heterocycles. The van der Waals surface area contributed by atoms with Gasteiger partial charge in [0.15, 0.2) is 5.82 Å². The first-order valence-corrected chi connectivity index (χ1v) is 4.71. The Morgan fingerprint density at radius 2 is 2.36 bits per heavy atom. The molecule has 2 aromatic rings. The van der Waals surface area contributed by atoms with Gasteiger partial charge in [-0.25, -0.2) is 0 Å². The maximum absolute atomic E-state index is 4.08. The van der Waals surface area contributed by atoms with Crippen LogP contribution in [0.5, 0.6) is 0 Å². The van der Waals surface area contributed by atoms with Crippen LogP contribution in [0.3, 0.4) is 0 Å². The molecule has 5 heteroatoms. The minimum Gasteiger partial charge on any atom is -0.312 e. The highest BCUT2D eigenvalue weighted by atomic mass is 15.3. The number of H-pyrrole nitrogens is 1. The second-order valence-electron chi connectivity index (χ2n) is 3.28. The van der Waals surface area contributed by atoms with E-state index in [0.717, 1.165) is 30.0 Å². The van der Waals surface area contributed by atoms with Gasteiger partial charge in [0.25, 0.3) is 0 Å². The van der Waals surface area contributed by atoms with E-state index in [4.69, 9.17) is 0 Å². The summed E-state index contributed by atoms with van der Waals surface area (Å²) in [7, 11) is 0. The highest BCUT2D eigenvalue weighted by molar-refractivity contribution is 5.53. The second kappa shape index (κ2) is 3.61. The fourth-order valence-electron chi connectivity index (χ4n) is 1.43. The molecule has 74 valence electrons. The van der Waals surface area contributed by atoms with Crippen molar-refractivity contribution >= 4 is 0 Å². The standard InChI is InChI=1S/C9H13N5/c1-3-4-14-6-11-13-9(14)8-7(2)5-10-12-8/h5-6H,3-4H2,1-2H3,(H,10,12). The second-order valence-corrected chi connectivity index (χ2v) is 3.28. The molecule has 0 aliphatic carbocycles. The van der Waals surface area contributed by atoms with E-state index in [-0.39, 0.29) is 0 Å². The predicted octanol–water partition coefficient (Wildman–Crippen LogP) is 1.39. The van der Waals surface area contributed by atoms with Crippen molar-refractivity contribution in [1.29, 1.82) is 0 Å². The average Bonchev–Trinajstić information content (AvgIpc) is 2.74. The molecule has 5 nitrogen and oxygen atoms in total. The Bertz CT molecular complexity index is 414. The smallest absolute Gasteiger partial charge is 0.182 e. The van der Waals surface area contributed by atoms with Gasteiger partial charge in [0.1, 0.15) is 12.0 Å². The number of rotatable bonds is 3. The summed E-state index contributed by atoms with van der Waals surface area (Å²) >= 11 is 0. The van der Waals surface area contributed by atoms with Crippen molar-refractivity contribution in [1.82, 2.24) is 25.0 Å². The van der Waals surface area contributed by atoms with Crippen LogP contribution in [0.4, 0.5) is 0 Å². The lowest BCUT2D eigenvalue weighted by molar-refractivity contribution is 0.681. The van der Waals surface area contributed by atoms with Gasteiger partial charge in [0.05, 0.1) is 6.20 Å². The van der Waals surface area contributed by atoms with Gasteiger partial charge in [-0.05, 0) is 18.9 Å². The summed E-state index contributed by atoms with van der Waals surface area (Å²) in [5, 5.41) is 14.9. The number of aromatic amines is 1. The molecule has 0 saturated heterocycles. The summed E-state index contributed by atoms with van der Waals surface area (Å²) in [5.41, 5.74) is 2.05. The average molecular weight is 191 g/mol. The van der Waals surface area contributed by atoms with Crippen LogP contribution < -0.4 is 0 Å². The maximum atomic E-state index is 4.08. The predicted molar refractivity (Wildman–Crippen MR) is 52.6 cm³/mol. The lowest BCUT2D eigenvalue weighted by atomic mass is 10.2. The van der Waals surface area contributed by atoms with Gasteiger partial charge in [-0.3, -0.25) is 5.10 Å². The quantitative estimate of drug-likeness (QED) is 0.797. The number of aromatic nitrogens is 5. The summed E-state index contributed by atoms with van der Waals surface area (Å²) in [4.78, 5) is 0. The van der Waals surface area contributed by atoms with Crippen molar-refractivity contribution in [3.05, 3.63) is 18.1 Å². The molecule has 0 radical (unpaired) electrons. The molecular formula is C9H13N5. The van der Waals surface area contributed by atoms with Crippen molar-refractivity contribution in [2.45, 2.75) is 26.8 Å². The Labute approximate surface area is 82.2 Å². The first-order valence-electron chi connectivity index (χ1n) is 4.71. The van der Waals surface area contributed by atoms with Crippen LogP contribution in [-0.2, 0) is 6.54 Å². The molecule has 2 aromatic heterocycles.